The summed E-state index contributed by atoms with van der Waals surface area (Å²) < 4.78 is 28.7. The SMILES string of the molecule is CC(C)OCCCNC(=O)c1cccc(NC2=N[C@H]3CS(=O)(=O)C[C@H]3S2)c1. The van der Waals surface area contributed by atoms with Crippen LogP contribution in [0, 0.1) is 0 Å². The molecule has 9 heteroatoms. The van der Waals surface area contributed by atoms with Crippen molar-refractivity contribution in [3.05, 3.63) is 29.8 Å². The van der Waals surface area contributed by atoms with Crippen LogP contribution in [0.3, 0.4) is 0 Å². The lowest BCUT2D eigenvalue weighted by molar-refractivity contribution is 0.0757. The summed E-state index contributed by atoms with van der Waals surface area (Å²) in [5, 5.41) is 6.79. The van der Waals surface area contributed by atoms with Crippen molar-refractivity contribution in [3.8, 4) is 0 Å². The zero-order valence-electron chi connectivity index (χ0n) is 15.5. The van der Waals surface area contributed by atoms with Crippen LogP contribution in [-0.4, -0.2) is 61.5 Å². The van der Waals surface area contributed by atoms with Crippen LogP contribution in [0.15, 0.2) is 29.3 Å². The predicted molar refractivity (Wildman–Crippen MR) is 109 cm³/mol. The molecule has 0 spiro atoms. The molecule has 1 aromatic rings. The van der Waals surface area contributed by atoms with Crippen LogP contribution in [-0.2, 0) is 14.6 Å². The molecule has 1 saturated heterocycles. The summed E-state index contributed by atoms with van der Waals surface area (Å²) >= 11 is 1.46. The van der Waals surface area contributed by atoms with E-state index >= 15 is 0 Å². The number of ether oxygens (including phenoxy) is 1. The Balaban J connectivity index is 1.51. The van der Waals surface area contributed by atoms with Gasteiger partial charge in [-0.2, -0.15) is 0 Å². The number of thioether (sulfide) groups is 1. The summed E-state index contributed by atoms with van der Waals surface area (Å²) in [4.78, 5) is 16.8. The molecule has 0 saturated carbocycles. The van der Waals surface area contributed by atoms with E-state index in [0.717, 1.165) is 12.1 Å². The molecule has 3 rings (SSSR count). The monoisotopic (exact) mass is 411 g/mol. The highest BCUT2D eigenvalue weighted by atomic mass is 32.2. The first-order chi connectivity index (χ1) is 12.8. The maximum atomic E-state index is 12.3. The molecule has 27 heavy (non-hydrogen) atoms. The number of nitrogens with zero attached hydrogens (tertiary/aromatic N) is 1. The number of nitrogens with one attached hydrogen (secondary N) is 2. The zero-order chi connectivity index (χ0) is 19.4. The Morgan fingerprint density at radius 3 is 2.93 bits per heavy atom. The summed E-state index contributed by atoms with van der Waals surface area (Å²) in [6.45, 7) is 5.14. The molecule has 2 atom stereocenters. The second kappa shape index (κ2) is 8.62. The molecule has 0 unspecified atom stereocenters. The number of carbonyl (C=O) groups excluding carboxylic acids is 1. The molecule has 0 bridgehead atoms. The Morgan fingerprint density at radius 2 is 2.19 bits per heavy atom. The lowest BCUT2D eigenvalue weighted by atomic mass is 10.2. The number of amidine groups is 1. The Hall–Kier alpha value is -1.58. The smallest absolute Gasteiger partial charge is 0.251 e. The van der Waals surface area contributed by atoms with Crippen LogP contribution in [0.5, 0.6) is 0 Å². The van der Waals surface area contributed by atoms with E-state index in [1.165, 1.54) is 11.8 Å². The van der Waals surface area contributed by atoms with Crippen LogP contribution in [0.1, 0.15) is 30.6 Å². The van der Waals surface area contributed by atoms with Gasteiger partial charge < -0.3 is 15.4 Å². The summed E-state index contributed by atoms with van der Waals surface area (Å²) in [7, 11) is -2.96. The van der Waals surface area contributed by atoms with Crippen LogP contribution >= 0.6 is 11.8 Å². The Morgan fingerprint density at radius 1 is 1.37 bits per heavy atom. The zero-order valence-corrected chi connectivity index (χ0v) is 17.1. The van der Waals surface area contributed by atoms with Crippen LogP contribution in [0.25, 0.3) is 0 Å². The maximum absolute atomic E-state index is 12.3. The molecule has 1 amide bonds. The van der Waals surface area contributed by atoms with Crippen molar-refractivity contribution in [2.45, 2.75) is 37.7 Å². The van der Waals surface area contributed by atoms with Gasteiger partial charge in [-0.05, 0) is 38.5 Å². The van der Waals surface area contributed by atoms with Gasteiger partial charge in [-0.15, -0.1) is 0 Å². The predicted octanol–water partition coefficient (Wildman–Crippen LogP) is 1.91. The molecule has 0 radical (unpaired) electrons. The summed E-state index contributed by atoms with van der Waals surface area (Å²) in [5.74, 6) is 0.172. The normalized spacial score (nSPS) is 23.1. The van der Waals surface area contributed by atoms with Crippen molar-refractivity contribution in [1.82, 2.24) is 5.32 Å². The van der Waals surface area contributed by atoms with Crippen molar-refractivity contribution >= 4 is 38.4 Å². The van der Waals surface area contributed by atoms with E-state index in [1.807, 2.05) is 26.0 Å². The van der Waals surface area contributed by atoms with E-state index in [9.17, 15) is 13.2 Å². The third kappa shape index (κ3) is 5.70. The second-order valence-corrected chi connectivity index (χ2v) is 10.4. The van der Waals surface area contributed by atoms with Gasteiger partial charge in [0.05, 0.1) is 23.7 Å². The van der Waals surface area contributed by atoms with E-state index in [2.05, 4.69) is 15.6 Å². The van der Waals surface area contributed by atoms with Gasteiger partial charge in [0.1, 0.15) is 0 Å². The number of anilines is 1. The molecular weight excluding hydrogens is 386 g/mol. The molecule has 148 valence electrons. The molecule has 2 heterocycles. The average Bonchev–Trinajstić information content (AvgIpc) is 3.06. The van der Waals surface area contributed by atoms with Crippen molar-refractivity contribution in [2.24, 2.45) is 4.99 Å². The number of hydrogen-bond donors (Lipinski definition) is 2. The summed E-state index contributed by atoms with van der Waals surface area (Å²) in [5.41, 5.74) is 1.33. The van der Waals surface area contributed by atoms with Crippen molar-refractivity contribution in [1.29, 1.82) is 0 Å². The van der Waals surface area contributed by atoms with Crippen LogP contribution in [0.2, 0.25) is 0 Å². The molecular formula is C18H25N3O4S2. The van der Waals surface area contributed by atoms with Crippen molar-refractivity contribution in [2.75, 3.05) is 30.0 Å². The molecule has 2 aliphatic rings. The van der Waals surface area contributed by atoms with Crippen molar-refractivity contribution < 1.29 is 17.9 Å². The van der Waals surface area contributed by atoms with Gasteiger partial charge in [0.2, 0.25) is 0 Å². The molecule has 0 aliphatic carbocycles. The first-order valence-corrected chi connectivity index (χ1v) is 11.7. The number of hydrogen-bond acceptors (Lipinski definition) is 7. The van der Waals surface area contributed by atoms with Gasteiger partial charge in [-0.1, -0.05) is 17.8 Å². The first kappa shape index (κ1) is 20.2. The molecule has 0 aromatic heterocycles. The van der Waals surface area contributed by atoms with Gasteiger partial charge >= 0.3 is 0 Å². The Labute approximate surface area is 164 Å². The third-order valence-electron chi connectivity index (χ3n) is 4.25. The lowest BCUT2D eigenvalue weighted by Crippen LogP contribution is -2.25. The molecule has 7 nitrogen and oxygen atoms in total. The van der Waals surface area contributed by atoms with Gasteiger partial charge in [0.15, 0.2) is 15.0 Å². The van der Waals surface area contributed by atoms with E-state index in [0.29, 0.717) is 23.9 Å². The molecule has 2 aliphatic heterocycles. The molecule has 1 aromatic carbocycles. The number of sulfone groups is 1. The fourth-order valence-electron chi connectivity index (χ4n) is 2.97. The third-order valence-corrected chi connectivity index (χ3v) is 7.39. The Bertz CT molecular complexity index is 824. The van der Waals surface area contributed by atoms with Crippen LogP contribution in [0.4, 0.5) is 5.69 Å². The van der Waals surface area contributed by atoms with Gasteiger partial charge in [0.25, 0.3) is 5.91 Å². The minimum Gasteiger partial charge on any atom is -0.379 e. The number of fused-ring (bicyclic) bond motifs is 1. The molecule has 1 fully saturated rings. The van der Waals surface area contributed by atoms with Crippen LogP contribution < -0.4 is 10.6 Å². The van der Waals surface area contributed by atoms with E-state index in [4.69, 9.17) is 4.74 Å². The number of carbonyl (C=O) groups is 1. The van der Waals surface area contributed by atoms with E-state index < -0.39 is 9.84 Å². The highest BCUT2D eigenvalue weighted by molar-refractivity contribution is 8.15. The number of rotatable bonds is 7. The summed E-state index contributed by atoms with van der Waals surface area (Å²) in [6.07, 6.45) is 0.959. The maximum Gasteiger partial charge on any atom is 0.251 e. The molecule has 2 N–H and O–H groups in total. The van der Waals surface area contributed by atoms with Gasteiger partial charge in [0, 0.05) is 29.7 Å². The topological polar surface area (TPSA) is 96.9 Å². The van der Waals surface area contributed by atoms with Gasteiger partial charge in [-0.25, -0.2) is 8.42 Å². The van der Waals surface area contributed by atoms with E-state index in [-0.39, 0.29) is 34.8 Å². The minimum atomic E-state index is -2.96. The Kier molecular flexibility index (Phi) is 6.44. The highest BCUT2D eigenvalue weighted by Gasteiger charge is 2.42. The fourth-order valence-corrected chi connectivity index (χ4v) is 6.65. The summed E-state index contributed by atoms with van der Waals surface area (Å²) in [6, 6.07) is 7.04. The second-order valence-electron chi connectivity index (χ2n) is 6.97. The number of amides is 1. The quantitative estimate of drug-likeness (QED) is 0.666. The van der Waals surface area contributed by atoms with Crippen molar-refractivity contribution in [3.63, 3.8) is 0 Å². The standard InChI is InChI=1S/C18H25N3O4S2/c1-12(2)25-8-4-7-19-17(22)13-5-3-6-14(9-13)20-18-21-15-10-27(23,24)11-16(15)26-18/h3,5-6,9,12,15-16H,4,7-8,10-11H2,1-2H3,(H,19,22)(H,20,21)/t15-,16+/m0/s1. The number of benzene rings is 1. The van der Waals surface area contributed by atoms with E-state index in [1.54, 1.807) is 12.1 Å². The average molecular weight is 412 g/mol. The number of aliphatic imine (C=N–C) groups is 1. The lowest BCUT2D eigenvalue weighted by Gasteiger charge is -2.10. The minimum absolute atomic E-state index is 0.00274. The largest absolute Gasteiger partial charge is 0.379 e. The first-order valence-electron chi connectivity index (χ1n) is 9.04. The highest BCUT2D eigenvalue weighted by Crippen LogP contribution is 2.34. The fraction of sp³-hybridized carbons (Fsp3) is 0.556. The van der Waals surface area contributed by atoms with Gasteiger partial charge in [-0.3, -0.25) is 9.79 Å².